The molecule has 0 radical (unpaired) electrons. The van der Waals surface area contributed by atoms with Crippen molar-refractivity contribution in [2.24, 2.45) is 0 Å². The Kier molecular flexibility index (Phi) is 8.81. The molecule has 1 aromatic heterocycles. The Morgan fingerprint density at radius 3 is 2.66 bits per heavy atom. The molecular formula is C24H29BrF2N4O4. The first-order chi connectivity index (χ1) is 16.6. The van der Waals surface area contributed by atoms with Gasteiger partial charge in [-0.05, 0) is 51.5 Å². The van der Waals surface area contributed by atoms with Crippen LogP contribution in [0, 0.1) is 11.6 Å². The summed E-state index contributed by atoms with van der Waals surface area (Å²) < 4.78 is 38.2. The van der Waals surface area contributed by atoms with E-state index in [0.717, 1.165) is 6.42 Å². The summed E-state index contributed by atoms with van der Waals surface area (Å²) in [5.74, 6) is -2.24. The van der Waals surface area contributed by atoms with Crippen molar-refractivity contribution in [3.8, 4) is 0 Å². The van der Waals surface area contributed by atoms with Gasteiger partial charge in [-0.3, -0.25) is 9.63 Å². The van der Waals surface area contributed by atoms with Gasteiger partial charge in [0, 0.05) is 11.1 Å². The molecule has 1 unspecified atom stereocenters. The monoisotopic (exact) mass is 554 g/mol. The molecule has 0 aliphatic heterocycles. The average Bonchev–Trinajstić information content (AvgIpc) is 3.23. The van der Waals surface area contributed by atoms with Crippen LogP contribution < -0.4 is 10.8 Å². The molecule has 3 rings (SSSR count). The first kappa shape index (κ1) is 27.0. The number of nitrogens with zero attached hydrogens (tertiary/aromatic N) is 2. The van der Waals surface area contributed by atoms with Gasteiger partial charge in [0.1, 0.15) is 16.9 Å². The van der Waals surface area contributed by atoms with Crippen LogP contribution in [-0.2, 0) is 16.1 Å². The normalized spacial score (nSPS) is 12.7. The van der Waals surface area contributed by atoms with Gasteiger partial charge in [0.25, 0.3) is 5.91 Å². The molecule has 1 atom stereocenters. The number of anilines is 2. The van der Waals surface area contributed by atoms with Crippen LogP contribution in [0.2, 0.25) is 0 Å². The Morgan fingerprint density at radius 1 is 1.29 bits per heavy atom. The Hall–Kier alpha value is -2.60. The zero-order valence-corrected chi connectivity index (χ0v) is 21.6. The highest BCUT2D eigenvalue weighted by Crippen LogP contribution is 2.32. The summed E-state index contributed by atoms with van der Waals surface area (Å²) in [6.45, 7) is 7.58. The van der Waals surface area contributed by atoms with Crippen LogP contribution in [0.3, 0.4) is 0 Å². The van der Waals surface area contributed by atoms with E-state index < -0.39 is 23.1 Å². The van der Waals surface area contributed by atoms with Crippen LogP contribution in [0.25, 0.3) is 11.0 Å². The number of aliphatic hydroxyl groups is 1. The van der Waals surface area contributed by atoms with Crippen LogP contribution in [-0.4, -0.2) is 45.5 Å². The molecular weight excluding hydrogens is 526 g/mol. The molecule has 1 amide bonds. The lowest BCUT2D eigenvalue weighted by Gasteiger charge is -2.22. The number of amides is 1. The predicted molar refractivity (Wildman–Crippen MR) is 132 cm³/mol. The van der Waals surface area contributed by atoms with Gasteiger partial charge < -0.3 is 19.7 Å². The van der Waals surface area contributed by atoms with Crippen molar-refractivity contribution in [3.05, 3.63) is 52.3 Å². The van der Waals surface area contributed by atoms with Gasteiger partial charge >= 0.3 is 0 Å². The largest absolute Gasteiger partial charge is 0.393 e. The minimum atomic E-state index is -1.07. The summed E-state index contributed by atoms with van der Waals surface area (Å²) in [6.07, 6.45) is 2.09. The molecule has 0 saturated carbocycles. The molecule has 0 bridgehead atoms. The number of nitrogens with one attached hydrogen (secondary N) is 2. The van der Waals surface area contributed by atoms with Gasteiger partial charge in [-0.2, -0.15) is 0 Å². The number of aromatic nitrogens is 2. The number of hydrogen-bond acceptors (Lipinski definition) is 6. The van der Waals surface area contributed by atoms with Crippen molar-refractivity contribution < 1.29 is 28.3 Å². The fraction of sp³-hybridized carbons (Fsp3) is 0.417. The number of carbonyl (C=O) groups is 1. The third-order valence-corrected chi connectivity index (χ3v) is 5.84. The van der Waals surface area contributed by atoms with E-state index in [2.05, 4.69) is 31.7 Å². The van der Waals surface area contributed by atoms with Gasteiger partial charge in [0.2, 0.25) is 0 Å². The maximum Gasteiger partial charge on any atom is 0.277 e. The van der Waals surface area contributed by atoms with E-state index in [9.17, 15) is 14.3 Å². The number of benzene rings is 2. The predicted octanol–water partition coefficient (Wildman–Crippen LogP) is 5.07. The summed E-state index contributed by atoms with van der Waals surface area (Å²) in [6, 6.07) is 5.69. The molecule has 2 aromatic carbocycles. The highest BCUT2D eigenvalue weighted by atomic mass is 79.9. The van der Waals surface area contributed by atoms with Crippen molar-refractivity contribution in [1.29, 1.82) is 0 Å². The zero-order valence-electron chi connectivity index (χ0n) is 20.0. The summed E-state index contributed by atoms with van der Waals surface area (Å²) in [7, 11) is 0. The van der Waals surface area contributed by atoms with Crippen molar-refractivity contribution >= 4 is 44.2 Å². The van der Waals surface area contributed by atoms with E-state index in [1.165, 1.54) is 24.5 Å². The molecule has 35 heavy (non-hydrogen) atoms. The van der Waals surface area contributed by atoms with Crippen LogP contribution in [0.4, 0.5) is 20.2 Å². The van der Waals surface area contributed by atoms with E-state index in [4.69, 9.17) is 9.57 Å². The molecule has 0 aliphatic carbocycles. The SMILES string of the molecule is CCOC(CC)Cn1cnc2c(F)c(Nc3ccc(Br)cc3F)c(C(=O)NOC(C)(C)CO)cc21. The quantitative estimate of drug-likeness (QED) is 0.286. The second kappa shape index (κ2) is 11.4. The topological polar surface area (TPSA) is 97.6 Å². The first-order valence-corrected chi connectivity index (χ1v) is 12.0. The lowest BCUT2D eigenvalue weighted by Crippen LogP contribution is -2.38. The fourth-order valence-corrected chi connectivity index (χ4v) is 3.69. The van der Waals surface area contributed by atoms with Crippen molar-refractivity contribution in [1.82, 2.24) is 15.0 Å². The molecule has 11 heteroatoms. The molecule has 0 fully saturated rings. The third-order valence-electron chi connectivity index (χ3n) is 5.35. The zero-order chi connectivity index (χ0) is 25.8. The van der Waals surface area contributed by atoms with E-state index >= 15 is 4.39 Å². The minimum Gasteiger partial charge on any atom is -0.393 e. The summed E-state index contributed by atoms with van der Waals surface area (Å²) in [5.41, 5.74) is 1.15. The molecule has 3 aromatic rings. The molecule has 0 saturated heterocycles. The molecule has 0 spiro atoms. The number of halogens is 3. The summed E-state index contributed by atoms with van der Waals surface area (Å²) >= 11 is 3.19. The molecule has 0 aliphatic rings. The summed E-state index contributed by atoms with van der Waals surface area (Å²) in [5, 5.41) is 12.1. The van der Waals surface area contributed by atoms with Crippen LogP contribution in [0.5, 0.6) is 0 Å². The van der Waals surface area contributed by atoms with E-state index in [1.807, 2.05) is 13.8 Å². The van der Waals surface area contributed by atoms with Crippen LogP contribution >= 0.6 is 15.9 Å². The maximum absolute atomic E-state index is 15.7. The second-order valence-electron chi connectivity index (χ2n) is 8.56. The second-order valence-corrected chi connectivity index (χ2v) is 9.48. The molecule has 1 heterocycles. The number of hydrogen-bond donors (Lipinski definition) is 3. The minimum absolute atomic E-state index is 0.0181. The Bertz CT molecular complexity index is 1200. The van der Waals surface area contributed by atoms with Gasteiger partial charge in [-0.15, -0.1) is 0 Å². The third kappa shape index (κ3) is 6.35. The van der Waals surface area contributed by atoms with Crippen molar-refractivity contribution in [2.75, 3.05) is 18.5 Å². The number of ether oxygens (including phenoxy) is 1. The van der Waals surface area contributed by atoms with Crippen molar-refractivity contribution in [3.63, 3.8) is 0 Å². The van der Waals surface area contributed by atoms with Gasteiger partial charge in [-0.1, -0.05) is 22.9 Å². The Balaban J connectivity index is 2.09. The lowest BCUT2D eigenvalue weighted by atomic mass is 10.1. The number of hydroxylamine groups is 1. The van der Waals surface area contributed by atoms with Crippen molar-refractivity contribution in [2.45, 2.75) is 52.4 Å². The van der Waals surface area contributed by atoms with E-state index in [-0.39, 0.29) is 35.2 Å². The van der Waals surface area contributed by atoms with Gasteiger partial charge in [0.05, 0.1) is 48.0 Å². The molecule has 8 nitrogen and oxygen atoms in total. The molecule has 3 N–H and O–H groups in total. The summed E-state index contributed by atoms with van der Waals surface area (Å²) in [4.78, 5) is 22.6. The number of rotatable bonds is 11. The fourth-order valence-electron chi connectivity index (χ4n) is 3.36. The standard InChI is InChI=1S/C24H29BrF2N4O4/c1-5-15(34-6-2)11-31-13-28-22-19(31)10-16(23(33)30-35-24(3,4)12-32)21(20(22)27)29-18-8-7-14(25)9-17(18)26/h7-10,13,15,29,32H,5-6,11-12H2,1-4H3,(H,30,33). The number of imidazole rings is 1. The first-order valence-electron chi connectivity index (χ1n) is 11.2. The Morgan fingerprint density at radius 2 is 2.03 bits per heavy atom. The Labute approximate surface area is 210 Å². The molecule has 190 valence electrons. The van der Waals surface area contributed by atoms with Crippen LogP contribution in [0.1, 0.15) is 44.5 Å². The van der Waals surface area contributed by atoms with Gasteiger partial charge in [-0.25, -0.2) is 19.2 Å². The highest BCUT2D eigenvalue weighted by Gasteiger charge is 2.25. The highest BCUT2D eigenvalue weighted by molar-refractivity contribution is 9.10. The maximum atomic E-state index is 15.7. The number of fused-ring (bicyclic) bond motifs is 1. The van der Waals surface area contributed by atoms with Crippen LogP contribution in [0.15, 0.2) is 35.1 Å². The van der Waals surface area contributed by atoms with Gasteiger partial charge in [0.15, 0.2) is 5.82 Å². The smallest absolute Gasteiger partial charge is 0.277 e. The number of aliphatic hydroxyl groups excluding tert-OH is 1. The van der Waals surface area contributed by atoms with E-state index in [0.29, 0.717) is 23.1 Å². The lowest BCUT2D eigenvalue weighted by molar-refractivity contribution is -0.0956. The van der Waals surface area contributed by atoms with E-state index in [1.54, 1.807) is 24.5 Å². The average molecular weight is 555 g/mol. The number of carbonyl (C=O) groups excluding carboxylic acids is 1.